The molecule has 2 aliphatic heterocycles. The van der Waals surface area contributed by atoms with Gasteiger partial charge in [-0.05, 0) is 55.9 Å². The van der Waals surface area contributed by atoms with E-state index in [2.05, 4.69) is 11.1 Å². The van der Waals surface area contributed by atoms with E-state index >= 15 is 0 Å². The predicted octanol–water partition coefficient (Wildman–Crippen LogP) is 3.51. The van der Waals surface area contributed by atoms with Crippen LogP contribution in [0.5, 0.6) is 11.5 Å². The number of piperidine rings is 1. The smallest absolute Gasteiger partial charge is 0.255 e. The van der Waals surface area contributed by atoms with Crippen LogP contribution in [0.1, 0.15) is 40.9 Å². The maximum absolute atomic E-state index is 12.6. The SMILES string of the molecule is COc1cccc2c1OC[C@@H](Cc1ccc(C(=O)N3CCCCC3)cn1)C2. The Morgan fingerprint density at radius 3 is 2.81 bits per heavy atom. The number of pyridine rings is 1. The Kier molecular flexibility index (Phi) is 5.28. The number of methoxy groups -OCH3 is 1. The van der Waals surface area contributed by atoms with Crippen molar-refractivity contribution in [3.8, 4) is 11.5 Å². The van der Waals surface area contributed by atoms with E-state index in [1.54, 1.807) is 13.3 Å². The lowest BCUT2D eigenvalue weighted by Gasteiger charge is -2.27. The molecule has 0 saturated carbocycles. The Bertz CT molecular complexity index is 798. The fourth-order valence-corrected chi connectivity index (χ4v) is 4.00. The van der Waals surface area contributed by atoms with Gasteiger partial charge < -0.3 is 14.4 Å². The second-order valence-electron chi connectivity index (χ2n) is 7.42. The van der Waals surface area contributed by atoms with E-state index in [-0.39, 0.29) is 5.91 Å². The molecule has 142 valence electrons. The van der Waals surface area contributed by atoms with Gasteiger partial charge in [-0.25, -0.2) is 0 Å². The summed E-state index contributed by atoms with van der Waals surface area (Å²) in [4.78, 5) is 19.0. The van der Waals surface area contributed by atoms with Crippen LogP contribution in [0.15, 0.2) is 36.5 Å². The molecule has 0 spiro atoms. The second kappa shape index (κ2) is 7.99. The first-order valence-electron chi connectivity index (χ1n) is 9.77. The summed E-state index contributed by atoms with van der Waals surface area (Å²) in [6, 6.07) is 9.93. The molecule has 2 aromatic rings. The molecule has 4 rings (SSSR count). The molecule has 0 N–H and O–H groups in total. The summed E-state index contributed by atoms with van der Waals surface area (Å²) in [5.74, 6) is 2.15. The number of hydrogen-bond acceptors (Lipinski definition) is 4. The fraction of sp³-hybridized carbons (Fsp3) is 0.455. The number of rotatable bonds is 4. The first-order chi connectivity index (χ1) is 13.2. The molecule has 0 unspecified atom stereocenters. The average molecular weight is 366 g/mol. The Labute approximate surface area is 160 Å². The molecule has 1 amide bonds. The average Bonchev–Trinajstić information content (AvgIpc) is 2.74. The number of carbonyl (C=O) groups is 1. The molecule has 2 aliphatic rings. The molecule has 1 aromatic heterocycles. The molecule has 0 bridgehead atoms. The van der Waals surface area contributed by atoms with Gasteiger partial charge in [-0.3, -0.25) is 9.78 Å². The molecular formula is C22H26N2O3. The zero-order valence-corrected chi connectivity index (χ0v) is 15.8. The maximum Gasteiger partial charge on any atom is 0.255 e. The topological polar surface area (TPSA) is 51.7 Å². The Balaban J connectivity index is 1.39. The highest BCUT2D eigenvalue weighted by Gasteiger charge is 2.24. The van der Waals surface area contributed by atoms with Gasteiger partial charge in [0.05, 0.1) is 19.3 Å². The third-order valence-corrected chi connectivity index (χ3v) is 5.47. The Hall–Kier alpha value is -2.56. The van der Waals surface area contributed by atoms with E-state index in [1.807, 2.05) is 29.2 Å². The number of amides is 1. The number of benzene rings is 1. The number of para-hydroxylation sites is 1. The third kappa shape index (κ3) is 3.92. The first kappa shape index (κ1) is 17.8. The largest absolute Gasteiger partial charge is 0.493 e. The predicted molar refractivity (Wildman–Crippen MR) is 103 cm³/mol. The lowest BCUT2D eigenvalue weighted by Crippen LogP contribution is -2.35. The number of hydrogen-bond donors (Lipinski definition) is 0. The quantitative estimate of drug-likeness (QED) is 0.831. The molecular weight excluding hydrogens is 340 g/mol. The van der Waals surface area contributed by atoms with Crippen molar-refractivity contribution < 1.29 is 14.3 Å². The van der Waals surface area contributed by atoms with Crippen molar-refractivity contribution in [1.29, 1.82) is 0 Å². The van der Waals surface area contributed by atoms with Gasteiger partial charge in [0.1, 0.15) is 0 Å². The normalized spacial score (nSPS) is 19.1. The monoisotopic (exact) mass is 366 g/mol. The molecule has 1 saturated heterocycles. The van der Waals surface area contributed by atoms with Crippen molar-refractivity contribution in [3.05, 3.63) is 53.3 Å². The highest BCUT2D eigenvalue weighted by molar-refractivity contribution is 5.93. The van der Waals surface area contributed by atoms with Gasteiger partial charge in [0.25, 0.3) is 5.91 Å². The highest BCUT2D eigenvalue weighted by atomic mass is 16.5. The zero-order chi connectivity index (χ0) is 18.6. The third-order valence-electron chi connectivity index (χ3n) is 5.47. The van der Waals surface area contributed by atoms with Crippen LogP contribution >= 0.6 is 0 Å². The van der Waals surface area contributed by atoms with E-state index in [4.69, 9.17) is 9.47 Å². The number of carbonyl (C=O) groups excluding carboxylic acids is 1. The van der Waals surface area contributed by atoms with Crippen LogP contribution in [-0.4, -0.2) is 42.6 Å². The Morgan fingerprint density at radius 2 is 2.07 bits per heavy atom. The summed E-state index contributed by atoms with van der Waals surface area (Å²) in [6.07, 6.45) is 6.94. The molecule has 27 heavy (non-hydrogen) atoms. The minimum absolute atomic E-state index is 0.107. The molecule has 1 atom stereocenters. The summed E-state index contributed by atoms with van der Waals surface area (Å²) < 4.78 is 11.3. The van der Waals surface area contributed by atoms with Gasteiger partial charge in [-0.15, -0.1) is 0 Å². The van der Waals surface area contributed by atoms with Crippen molar-refractivity contribution in [1.82, 2.24) is 9.88 Å². The van der Waals surface area contributed by atoms with E-state index in [1.165, 1.54) is 12.0 Å². The van der Waals surface area contributed by atoms with Gasteiger partial charge in [0.15, 0.2) is 11.5 Å². The van der Waals surface area contributed by atoms with Crippen LogP contribution < -0.4 is 9.47 Å². The van der Waals surface area contributed by atoms with Crippen LogP contribution in [0.25, 0.3) is 0 Å². The molecule has 1 fully saturated rings. The molecule has 3 heterocycles. The molecule has 5 heteroatoms. The van der Waals surface area contributed by atoms with Gasteiger partial charge in [0, 0.05) is 30.9 Å². The fourth-order valence-electron chi connectivity index (χ4n) is 4.00. The molecule has 1 aromatic carbocycles. The van der Waals surface area contributed by atoms with Gasteiger partial charge in [-0.2, -0.15) is 0 Å². The number of ether oxygens (including phenoxy) is 2. The van der Waals surface area contributed by atoms with Crippen molar-refractivity contribution in [2.75, 3.05) is 26.8 Å². The molecule has 0 radical (unpaired) electrons. The minimum Gasteiger partial charge on any atom is -0.493 e. The van der Waals surface area contributed by atoms with Crippen LogP contribution in [-0.2, 0) is 12.8 Å². The van der Waals surface area contributed by atoms with E-state index in [0.717, 1.165) is 56.0 Å². The Morgan fingerprint density at radius 1 is 1.22 bits per heavy atom. The number of fused-ring (bicyclic) bond motifs is 1. The van der Waals surface area contributed by atoms with Gasteiger partial charge in [-0.1, -0.05) is 12.1 Å². The van der Waals surface area contributed by atoms with Crippen molar-refractivity contribution in [3.63, 3.8) is 0 Å². The lowest BCUT2D eigenvalue weighted by atomic mass is 9.92. The van der Waals surface area contributed by atoms with Crippen LogP contribution in [0, 0.1) is 5.92 Å². The van der Waals surface area contributed by atoms with E-state index in [0.29, 0.717) is 18.1 Å². The summed E-state index contributed by atoms with van der Waals surface area (Å²) in [5, 5.41) is 0. The van der Waals surface area contributed by atoms with Gasteiger partial charge >= 0.3 is 0 Å². The summed E-state index contributed by atoms with van der Waals surface area (Å²) >= 11 is 0. The van der Waals surface area contributed by atoms with Crippen LogP contribution in [0.2, 0.25) is 0 Å². The van der Waals surface area contributed by atoms with E-state index < -0.39 is 0 Å². The summed E-state index contributed by atoms with van der Waals surface area (Å²) in [7, 11) is 1.67. The van der Waals surface area contributed by atoms with Crippen molar-refractivity contribution in [2.45, 2.75) is 32.1 Å². The van der Waals surface area contributed by atoms with Crippen molar-refractivity contribution >= 4 is 5.91 Å². The summed E-state index contributed by atoms with van der Waals surface area (Å²) in [6.45, 7) is 2.38. The summed E-state index contributed by atoms with van der Waals surface area (Å²) in [5.41, 5.74) is 2.88. The number of likely N-dealkylation sites (tertiary alicyclic amines) is 1. The van der Waals surface area contributed by atoms with Crippen molar-refractivity contribution in [2.24, 2.45) is 5.92 Å². The maximum atomic E-state index is 12.6. The van der Waals surface area contributed by atoms with Crippen LogP contribution in [0.3, 0.4) is 0 Å². The second-order valence-corrected chi connectivity index (χ2v) is 7.42. The highest BCUT2D eigenvalue weighted by Crippen LogP contribution is 2.36. The number of aromatic nitrogens is 1. The zero-order valence-electron chi connectivity index (χ0n) is 15.8. The minimum atomic E-state index is 0.107. The van der Waals surface area contributed by atoms with Gasteiger partial charge in [0.2, 0.25) is 0 Å². The lowest BCUT2D eigenvalue weighted by molar-refractivity contribution is 0.0724. The standard InChI is InChI=1S/C22H26N2O3/c1-26-20-7-5-6-17-12-16(15-27-21(17)20)13-19-9-8-18(14-23-19)22(25)24-10-3-2-4-11-24/h5-9,14,16H,2-4,10-13,15H2,1H3/t16-/m1/s1. The number of nitrogens with zero attached hydrogens (tertiary/aromatic N) is 2. The van der Waals surface area contributed by atoms with E-state index in [9.17, 15) is 4.79 Å². The molecule has 0 aliphatic carbocycles. The van der Waals surface area contributed by atoms with Crippen LogP contribution in [0.4, 0.5) is 0 Å². The first-order valence-corrected chi connectivity index (χ1v) is 9.77. The molecule has 5 nitrogen and oxygen atoms in total.